The summed E-state index contributed by atoms with van der Waals surface area (Å²) in [6.07, 6.45) is -2.54. The summed E-state index contributed by atoms with van der Waals surface area (Å²) in [5, 5.41) is 275. The molecule has 0 aromatic heterocycles. The SMILES string of the molecule is OCc1ccc(O)c(COCc2cc(Cc3ccc(O)c(COCc4cc(Cc5c(O)c(COCc6c(O)ccc(COCc7ccc(O)c(CO)c7O)c6O)cc(Cc6c(O)ccc(CO)c6O)c5O)c(O)c(Cc5cc(CO)c(O)c(CO)c5O)c4O)c3O)c(O)c(Cc3ccc(O)cc3O)c2O)c1O. The molecule has 564 valence electrons. The Bertz CT molecular complexity index is 4990. The molecule has 107 heavy (non-hydrogen) atoms. The monoisotopic (exact) mass is 1480 g/mol. The van der Waals surface area contributed by atoms with Gasteiger partial charge < -0.3 is 147 Å². The lowest BCUT2D eigenvalue weighted by Crippen LogP contribution is -2.05. The van der Waals surface area contributed by atoms with Crippen LogP contribution in [0.4, 0.5) is 0 Å². The highest BCUT2D eigenvalue weighted by Crippen LogP contribution is 2.48. The predicted octanol–water partition coefficient (Wildman–Crippen LogP) is 8.08. The van der Waals surface area contributed by atoms with Gasteiger partial charge in [0.25, 0.3) is 0 Å². The maximum atomic E-state index is 12.4. The molecular weight excluding hydrogens is 1400 g/mol. The summed E-state index contributed by atoms with van der Waals surface area (Å²) in [6.45, 7) is -7.65. The van der Waals surface area contributed by atoms with Crippen LogP contribution in [0, 0.1) is 0 Å². The van der Waals surface area contributed by atoms with Crippen molar-refractivity contribution < 1.29 is 147 Å². The predicted molar refractivity (Wildman–Crippen MR) is 375 cm³/mol. The number of rotatable bonds is 31. The fourth-order valence-corrected chi connectivity index (χ4v) is 12.5. The molecule has 10 rings (SSSR count). The minimum atomic E-state index is -0.952. The van der Waals surface area contributed by atoms with Crippen LogP contribution < -0.4 is 0 Å². The topological polar surface area (TPSA) is 543 Å². The lowest BCUT2D eigenvalue weighted by atomic mass is 9.89. The first-order valence-electron chi connectivity index (χ1n) is 32.8. The number of phenols is 20. The van der Waals surface area contributed by atoms with Crippen molar-refractivity contribution in [3.8, 4) is 115 Å². The van der Waals surface area contributed by atoms with Crippen LogP contribution in [0.5, 0.6) is 115 Å². The molecule has 0 atom stereocenters. The number of benzene rings is 10. The molecule has 0 saturated heterocycles. The van der Waals surface area contributed by atoms with Gasteiger partial charge in [0.05, 0.1) is 114 Å². The van der Waals surface area contributed by atoms with Crippen LogP contribution >= 0.6 is 0 Å². The molecule has 29 nitrogen and oxygen atoms in total. The molecule has 10 aromatic rings. The lowest BCUT2D eigenvalue weighted by Gasteiger charge is -2.21. The van der Waals surface area contributed by atoms with E-state index in [0.29, 0.717) is 0 Å². The van der Waals surface area contributed by atoms with Gasteiger partial charge in [0.1, 0.15) is 115 Å². The van der Waals surface area contributed by atoms with Crippen molar-refractivity contribution in [3.63, 3.8) is 0 Å². The van der Waals surface area contributed by atoms with Gasteiger partial charge in [-0.3, -0.25) is 0 Å². The van der Waals surface area contributed by atoms with Crippen LogP contribution in [-0.4, -0.2) is 128 Å². The van der Waals surface area contributed by atoms with E-state index in [2.05, 4.69) is 0 Å². The van der Waals surface area contributed by atoms with E-state index in [1.165, 1.54) is 91.0 Å². The molecule has 0 heterocycles. The van der Waals surface area contributed by atoms with Crippen LogP contribution in [0.2, 0.25) is 0 Å². The third-order valence-electron chi connectivity index (χ3n) is 18.6. The minimum Gasteiger partial charge on any atom is -0.508 e. The summed E-state index contributed by atoms with van der Waals surface area (Å²) >= 11 is 0. The second-order valence-corrected chi connectivity index (χ2v) is 25.3. The summed E-state index contributed by atoms with van der Waals surface area (Å²) < 4.78 is 23.6. The standard InChI is InChI=1S/C78H78O29/c79-23-38-3-9-60(85)51(67(38)92)19-44-16-48(31-107-35-59-64(89)12-6-41(70(59)95)29-104-28-40-5-11-61(86)55(26-82)69(40)94)77(102)54(72(44)97)21-45-17-49(78(103)53(73(45)98)20-43-14-46(25-81)75(100)56(27-83)74(43)99)32-105-33-57-62(87)8-2-37(66(57)91)13-42-15-47(30-106-34-58-63(88)10-4-39(24-80)68(58)93)76(101)52(71(42)96)18-36-1-7-50(84)22-65(36)90/h1-12,14-17,22,79-103H,13,18-21,23-35H2. The number of aromatic hydroxyl groups is 20. The Balaban J connectivity index is 0.987. The van der Waals surface area contributed by atoms with Crippen LogP contribution in [0.1, 0.15) is 128 Å². The van der Waals surface area contributed by atoms with E-state index in [1.54, 1.807) is 0 Å². The Hall–Kier alpha value is -12.2. The summed E-state index contributed by atoms with van der Waals surface area (Å²) in [5.41, 5.74) is -2.62. The van der Waals surface area contributed by atoms with E-state index >= 15 is 0 Å². The van der Waals surface area contributed by atoms with Crippen molar-refractivity contribution in [2.75, 3.05) is 0 Å². The first kappa shape index (κ1) is 77.5. The maximum Gasteiger partial charge on any atom is 0.130 e. The zero-order chi connectivity index (χ0) is 77.4. The van der Waals surface area contributed by atoms with Gasteiger partial charge in [-0.25, -0.2) is 0 Å². The Morgan fingerprint density at radius 3 is 0.841 bits per heavy atom. The van der Waals surface area contributed by atoms with Crippen molar-refractivity contribution in [1.29, 1.82) is 0 Å². The van der Waals surface area contributed by atoms with E-state index < -0.39 is 201 Å². The van der Waals surface area contributed by atoms with Gasteiger partial charge in [0.15, 0.2) is 0 Å². The molecule has 29 heteroatoms. The Labute approximate surface area is 608 Å². The molecule has 0 spiro atoms. The largest absolute Gasteiger partial charge is 0.508 e. The minimum absolute atomic E-state index is 0.0216. The van der Waals surface area contributed by atoms with Crippen LogP contribution in [0.15, 0.2) is 103 Å². The van der Waals surface area contributed by atoms with E-state index in [-0.39, 0.29) is 160 Å². The summed E-state index contributed by atoms with van der Waals surface area (Å²) in [5.74, 6) is -10.6. The first-order chi connectivity index (χ1) is 51.1. The molecule has 0 amide bonds. The van der Waals surface area contributed by atoms with Crippen molar-refractivity contribution in [2.24, 2.45) is 0 Å². The molecule has 0 unspecified atom stereocenters. The van der Waals surface area contributed by atoms with Gasteiger partial charge in [-0.05, 0) is 118 Å². The molecule has 25 N–H and O–H groups in total. The zero-order valence-electron chi connectivity index (χ0n) is 56.9. The Morgan fingerprint density at radius 2 is 0.430 bits per heavy atom. The molecule has 0 aliphatic carbocycles. The van der Waals surface area contributed by atoms with Gasteiger partial charge in [-0.2, -0.15) is 0 Å². The summed E-state index contributed by atoms with van der Waals surface area (Å²) in [7, 11) is 0. The fourth-order valence-electron chi connectivity index (χ4n) is 12.5. The van der Waals surface area contributed by atoms with E-state index in [0.717, 1.165) is 12.1 Å². The zero-order valence-corrected chi connectivity index (χ0v) is 56.9. The first-order valence-corrected chi connectivity index (χ1v) is 32.8. The van der Waals surface area contributed by atoms with Crippen molar-refractivity contribution in [2.45, 2.75) is 118 Å². The highest BCUT2D eigenvalue weighted by Gasteiger charge is 2.29. The average Bonchev–Trinajstić information content (AvgIpc) is 0.765. The molecule has 0 fully saturated rings. The normalized spacial score (nSPS) is 11.5. The Kier molecular flexibility index (Phi) is 24.1. The van der Waals surface area contributed by atoms with Crippen LogP contribution in [0.25, 0.3) is 0 Å². The molecule has 0 aliphatic rings. The third-order valence-corrected chi connectivity index (χ3v) is 18.6. The number of hydrogen-bond acceptors (Lipinski definition) is 29. The smallest absolute Gasteiger partial charge is 0.130 e. The molecule has 0 bridgehead atoms. The molecule has 0 aliphatic heterocycles. The number of ether oxygens (including phenoxy) is 4. The number of aliphatic hydroxyl groups excluding tert-OH is 5. The van der Waals surface area contributed by atoms with E-state index in [9.17, 15) is 128 Å². The number of phenolic OH excluding ortho intramolecular Hbond substituents is 14. The maximum absolute atomic E-state index is 12.4. The molecule has 0 saturated carbocycles. The molecule has 0 radical (unpaired) electrons. The number of hydrogen-bond donors (Lipinski definition) is 25. The second kappa shape index (κ2) is 33.3. The van der Waals surface area contributed by atoms with Gasteiger partial charge in [-0.1, -0.05) is 12.1 Å². The Morgan fingerprint density at radius 1 is 0.168 bits per heavy atom. The van der Waals surface area contributed by atoms with Gasteiger partial charge >= 0.3 is 0 Å². The van der Waals surface area contributed by atoms with Crippen molar-refractivity contribution in [1.82, 2.24) is 0 Å². The lowest BCUT2D eigenvalue weighted by molar-refractivity contribution is 0.0969. The van der Waals surface area contributed by atoms with Crippen molar-refractivity contribution >= 4 is 0 Å². The fraction of sp³-hybridized carbons (Fsp3) is 0.231. The third kappa shape index (κ3) is 16.4. The molecule has 10 aromatic carbocycles. The highest BCUT2D eigenvalue weighted by molar-refractivity contribution is 5.65. The van der Waals surface area contributed by atoms with Crippen LogP contribution in [-0.2, 0) is 137 Å². The van der Waals surface area contributed by atoms with Crippen molar-refractivity contribution in [3.05, 3.63) is 231 Å². The summed E-state index contributed by atoms with van der Waals surface area (Å²) in [6, 6.07) is 21.2. The molecular formula is C78H78O29. The van der Waals surface area contributed by atoms with Crippen LogP contribution in [0.3, 0.4) is 0 Å². The number of aliphatic hydroxyl groups is 5. The average molecular weight is 1480 g/mol. The second-order valence-electron chi connectivity index (χ2n) is 25.3. The van der Waals surface area contributed by atoms with Gasteiger partial charge in [0, 0.05) is 105 Å². The van der Waals surface area contributed by atoms with Gasteiger partial charge in [-0.15, -0.1) is 0 Å². The van der Waals surface area contributed by atoms with Gasteiger partial charge in [0.2, 0.25) is 0 Å². The summed E-state index contributed by atoms with van der Waals surface area (Å²) in [4.78, 5) is 0. The van der Waals surface area contributed by atoms with E-state index in [4.69, 9.17) is 18.9 Å². The quantitative estimate of drug-likeness (QED) is 0.0195. The highest BCUT2D eigenvalue weighted by atomic mass is 16.5. The van der Waals surface area contributed by atoms with E-state index in [1.807, 2.05) is 0 Å².